The van der Waals surface area contributed by atoms with Gasteiger partial charge in [0, 0.05) is 25.6 Å². The number of ether oxygens (including phenoxy) is 1. The number of carbonyl (C=O) groups excluding carboxylic acids is 1. The highest BCUT2D eigenvalue weighted by molar-refractivity contribution is 7.89. The van der Waals surface area contributed by atoms with Crippen LogP contribution in [0.2, 0.25) is 0 Å². The highest BCUT2D eigenvalue weighted by Crippen LogP contribution is 2.24. The first kappa shape index (κ1) is 20.3. The number of benzene rings is 1. The molecular weight excluding hydrogens is 366 g/mol. The van der Waals surface area contributed by atoms with Crippen molar-refractivity contribution in [2.75, 3.05) is 32.8 Å². The zero-order chi connectivity index (χ0) is 19.3. The molecule has 27 heavy (non-hydrogen) atoms. The molecule has 2 atom stereocenters. The van der Waals surface area contributed by atoms with Gasteiger partial charge in [-0.15, -0.1) is 0 Å². The van der Waals surface area contributed by atoms with Crippen molar-refractivity contribution in [3.05, 3.63) is 29.8 Å². The first-order valence-electron chi connectivity index (χ1n) is 9.67. The minimum Gasteiger partial charge on any atom is -0.379 e. The maximum Gasteiger partial charge on any atom is 0.243 e. The summed E-state index contributed by atoms with van der Waals surface area (Å²) in [5.74, 6) is 0.420. The van der Waals surface area contributed by atoms with E-state index in [0.29, 0.717) is 51.6 Å². The van der Waals surface area contributed by atoms with Crippen molar-refractivity contribution in [3.8, 4) is 0 Å². The van der Waals surface area contributed by atoms with E-state index in [1.165, 1.54) is 4.31 Å². The van der Waals surface area contributed by atoms with Crippen molar-refractivity contribution in [3.63, 3.8) is 0 Å². The number of hydrogen-bond acceptors (Lipinski definition) is 5. The van der Waals surface area contributed by atoms with Crippen LogP contribution in [0.25, 0.3) is 0 Å². The summed E-state index contributed by atoms with van der Waals surface area (Å²) in [5.41, 5.74) is 6.71. The van der Waals surface area contributed by atoms with Crippen LogP contribution in [0.1, 0.15) is 31.2 Å². The smallest absolute Gasteiger partial charge is 0.243 e. The molecule has 0 spiro atoms. The summed E-state index contributed by atoms with van der Waals surface area (Å²) in [4.78, 5) is 12.5. The SMILES string of the molecule is NCC1CCCC1NC(=O)CCc1ccc(S(=O)(=O)N2CCOCC2)cc1. The van der Waals surface area contributed by atoms with Gasteiger partial charge in [-0.3, -0.25) is 4.79 Å². The predicted octanol–water partition coefficient (Wildman–Crippen LogP) is 0.884. The molecule has 0 aromatic heterocycles. The van der Waals surface area contributed by atoms with Crippen molar-refractivity contribution >= 4 is 15.9 Å². The van der Waals surface area contributed by atoms with E-state index in [0.717, 1.165) is 24.8 Å². The molecule has 1 aromatic rings. The van der Waals surface area contributed by atoms with Gasteiger partial charge >= 0.3 is 0 Å². The number of aryl methyl sites for hydroxylation is 1. The number of rotatable bonds is 7. The second-order valence-electron chi connectivity index (χ2n) is 7.26. The number of morpholine rings is 1. The van der Waals surface area contributed by atoms with Crippen molar-refractivity contribution in [2.24, 2.45) is 11.7 Å². The zero-order valence-electron chi connectivity index (χ0n) is 15.6. The maximum atomic E-state index is 12.6. The van der Waals surface area contributed by atoms with Gasteiger partial charge in [0.1, 0.15) is 0 Å². The molecule has 150 valence electrons. The average molecular weight is 396 g/mol. The molecule has 1 saturated carbocycles. The Morgan fingerprint density at radius 2 is 1.89 bits per heavy atom. The van der Waals surface area contributed by atoms with E-state index >= 15 is 0 Å². The highest BCUT2D eigenvalue weighted by Gasteiger charge is 2.27. The van der Waals surface area contributed by atoms with Gasteiger partial charge < -0.3 is 15.8 Å². The fourth-order valence-electron chi connectivity index (χ4n) is 3.81. The summed E-state index contributed by atoms with van der Waals surface area (Å²) in [6.07, 6.45) is 4.18. The second kappa shape index (κ2) is 9.14. The van der Waals surface area contributed by atoms with Crippen molar-refractivity contribution in [1.82, 2.24) is 9.62 Å². The second-order valence-corrected chi connectivity index (χ2v) is 9.20. The van der Waals surface area contributed by atoms with Gasteiger partial charge in [0.05, 0.1) is 18.1 Å². The Hall–Kier alpha value is -1.48. The Labute approximate surface area is 161 Å². The molecule has 7 nitrogen and oxygen atoms in total. The van der Waals surface area contributed by atoms with Crippen LogP contribution < -0.4 is 11.1 Å². The van der Waals surface area contributed by atoms with Crippen molar-refractivity contribution in [1.29, 1.82) is 0 Å². The van der Waals surface area contributed by atoms with Crippen LogP contribution in [-0.2, 0) is 26.0 Å². The van der Waals surface area contributed by atoms with Crippen LogP contribution in [0.5, 0.6) is 0 Å². The molecule has 1 aromatic carbocycles. The predicted molar refractivity (Wildman–Crippen MR) is 103 cm³/mol. The molecule has 2 aliphatic rings. The summed E-state index contributed by atoms with van der Waals surface area (Å²) in [5, 5.41) is 3.10. The summed E-state index contributed by atoms with van der Waals surface area (Å²) in [7, 11) is -3.47. The van der Waals surface area contributed by atoms with Gasteiger partial charge in [0.25, 0.3) is 0 Å². The fraction of sp³-hybridized carbons (Fsp3) is 0.632. The van der Waals surface area contributed by atoms with E-state index in [1.54, 1.807) is 24.3 Å². The molecule has 1 amide bonds. The first-order valence-corrected chi connectivity index (χ1v) is 11.1. The molecule has 1 aliphatic heterocycles. The number of nitrogens with two attached hydrogens (primary N) is 1. The Morgan fingerprint density at radius 1 is 1.19 bits per heavy atom. The zero-order valence-corrected chi connectivity index (χ0v) is 16.4. The molecule has 3 rings (SSSR count). The minimum absolute atomic E-state index is 0.0327. The standard InChI is InChI=1S/C19H29N3O4S/c20-14-16-2-1-3-18(16)21-19(23)9-6-15-4-7-17(8-5-15)27(24,25)22-10-12-26-13-11-22/h4-5,7-8,16,18H,1-3,6,9-14,20H2,(H,21,23). The number of sulfonamides is 1. The molecule has 2 unspecified atom stereocenters. The topological polar surface area (TPSA) is 102 Å². The quantitative estimate of drug-likeness (QED) is 0.714. The van der Waals surface area contributed by atoms with E-state index in [4.69, 9.17) is 10.5 Å². The third-order valence-electron chi connectivity index (χ3n) is 5.48. The lowest BCUT2D eigenvalue weighted by Gasteiger charge is -2.26. The molecule has 1 heterocycles. The molecule has 0 radical (unpaired) electrons. The molecule has 2 fully saturated rings. The number of amides is 1. The lowest BCUT2D eigenvalue weighted by molar-refractivity contribution is -0.122. The number of nitrogens with one attached hydrogen (secondary N) is 1. The Balaban J connectivity index is 1.52. The third-order valence-corrected chi connectivity index (χ3v) is 7.39. The summed E-state index contributed by atoms with van der Waals surface area (Å²) >= 11 is 0. The van der Waals surface area contributed by atoms with Gasteiger partial charge in [-0.1, -0.05) is 18.6 Å². The first-order chi connectivity index (χ1) is 13.0. The van der Waals surface area contributed by atoms with Crippen LogP contribution in [0, 0.1) is 5.92 Å². The van der Waals surface area contributed by atoms with Crippen LogP contribution >= 0.6 is 0 Å². The van der Waals surface area contributed by atoms with Crippen molar-refractivity contribution < 1.29 is 17.9 Å². The molecule has 1 aliphatic carbocycles. The molecule has 3 N–H and O–H groups in total. The van der Waals surface area contributed by atoms with Crippen LogP contribution in [0.3, 0.4) is 0 Å². The molecule has 1 saturated heterocycles. The largest absolute Gasteiger partial charge is 0.379 e. The summed E-state index contributed by atoms with van der Waals surface area (Å²) < 4.78 is 31.9. The van der Waals surface area contributed by atoms with Gasteiger partial charge in [0.15, 0.2) is 0 Å². The highest BCUT2D eigenvalue weighted by atomic mass is 32.2. The summed E-state index contributed by atoms with van der Waals surface area (Å²) in [6.45, 7) is 2.24. The Bertz CT molecular complexity index is 730. The Morgan fingerprint density at radius 3 is 2.56 bits per heavy atom. The van der Waals surface area contributed by atoms with E-state index < -0.39 is 10.0 Å². The van der Waals surface area contributed by atoms with E-state index in [-0.39, 0.29) is 16.8 Å². The minimum atomic E-state index is -3.47. The van der Waals surface area contributed by atoms with Gasteiger partial charge in [-0.25, -0.2) is 8.42 Å². The Kier molecular flexibility index (Phi) is 6.86. The normalized spacial score (nSPS) is 24.0. The summed E-state index contributed by atoms with van der Waals surface area (Å²) in [6, 6.07) is 7.03. The average Bonchev–Trinajstić information content (AvgIpc) is 3.14. The molecular formula is C19H29N3O4S. The lowest BCUT2D eigenvalue weighted by Crippen LogP contribution is -2.40. The van der Waals surface area contributed by atoms with Gasteiger partial charge in [0.2, 0.25) is 15.9 Å². The fourth-order valence-corrected chi connectivity index (χ4v) is 5.22. The number of nitrogens with zero attached hydrogens (tertiary/aromatic N) is 1. The van der Waals surface area contributed by atoms with E-state index in [9.17, 15) is 13.2 Å². The van der Waals surface area contributed by atoms with Gasteiger partial charge in [-0.05, 0) is 49.4 Å². The number of hydrogen-bond donors (Lipinski definition) is 2. The van der Waals surface area contributed by atoms with Gasteiger partial charge in [-0.2, -0.15) is 4.31 Å². The third kappa shape index (κ3) is 5.07. The molecule has 8 heteroatoms. The number of carbonyl (C=O) groups is 1. The monoisotopic (exact) mass is 395 g/mol. The van der Waals surface area contributed by atoms with E-state index in [2.05, 4.69) is 5.32 Å². The van der Waals surface area contributed by atoms with E-state index in [1.807, 2.05) is 0 Å². The van der Waals surface area contributed by atoms with Crippen LogP contribution in [0.4, 0.5) is 0 Å². The van der Waals surface area contributed by atoms with Crippen molar-refractivity contribution in [2.45, 2.75) is 43.0 Å². The van der Waals surface area contributed by atoms with Crippen LogP contribution in [0.15, 0.2) is 29.2 Å². The van der Waals surface area contributed by atoms with Crippen LogP contribution in [-0.4, -0.2) is 57.5 Å². The lowest BCUT2D eigenvalue weighted by atomic mass is 10.0. The maximum absolute atomic E-state index is 12.6. The molecule has 0 bridgehead atoms.